The maximum absolute atomic E-state index is 5.86. The summed E-state index contributed by atoms with van der Waals surface area (Å²) in [6.07, 6.45) is 4.27. The molecule has 0 amide bonds. The van der Waals surface area contributed by atoms with Crippen molar-refractivity contribution in [2.45, 2.75) is 51.4 Å². The summed E-state index contributed by atoms with van der Waals surface area (Å²) in [5.74, 6) is 0.523. The maximum Gasteiger partial charge on any atom is 0.108 e. The van der Waals surface area contributed by atoms with Crippen LogP contribution in [-0.4, -0.2) is 39.1 Å². The highest BCUT2D eigenvalue weighted by Gasteiger charge is 2.41. The minimum absolute atomic E-state index is 0.108. The molecule has 3 heteroatoms. The first-order valence-corrected chi connectivity index (χ1v) is 5.91. The number of rotatable bonds is 6. The lowest BCUT2D eigenvalue weighted by Crippen LogP contribution is -2.32. The van der Waals surface area contributed by atoms with Gasteiger partial charge in [0.05, 0.1) is 18.8 Å². The van der Waals surface area contributed by atoms with Crippen LogP contribution in [0.3, 0.4) is 0 Å². The summed E-state index contributed by atoms with van der Waals surface area (Å²) in [5.41, 5.74) is 0. The number of unbranched alkanes of at least 4 members (excludes halogenated alkanes) is 1. The van der Waals surface area contributed by atoms with Gasteiger partial charge in [-0.25, -0.2) is 0 Å². The Kier molecular flexibility index (Phi) is 5.58. The standard InChI is InChI=1S/C12H24O3/c1-5-6-7-10-9(2)15-11(8-13-3)12(10)14-4/h9-12H,5-8H2,1-4H3/t9-,10+,11+,12?/m0/s1. The highest BCUT2D eigenvalue weighted by molar-refractivity contribution is 4.89. The fraction of sp³-hybridized carbons (Fsp3) is 1.00. The molecule has 3 nitrogen and oxygen atoms in total. The second-order valence-corrected chi connectivity index (χ2v) is 4.34. The van der Waals surface area contributed by atoms with Crippen LogP contribution in [0, 0.1) is 5.92 Å². The van der Waals surface area contributed by atoms with Gasteiger partial charge in [-0.3, -0.25) is 0 Å². The summed E-state index contributed by atoms with van der Waals surface area (Å²) < 4.78 is 16.6. The van der Waals surface area contributed by atoms with Gasteiger partial charge < -0.3 is 14.2 Å². The number of hydrogen-bond donors (Lipinski definition) is 0. The molecular formula is C12H24O3. The Hall–Kier alpha value is -0.120. The molecule has 4 atom stereocenters. The predicted octanol–water partition coefficient (Wildman–Crippen LogP) is 2.24. The van der Waals surface area contributed by atoms with Crippen LogP contribution in [0.1, 0.15) is 33.1 Å². The van der Waals surface area contributed by atoms with Gasteiger partial charge in [0, 0.05) is 20.1 Å². The Morgan fingerprint density at radius 3 is 2.53 bits per heavy atom. The molecule has 1 aliphatic rings. The lowest BCUT2D eigenvalue weighted by molar-refractivity contribution is -0.0413. The van der Waals surface area contributed by atoms with E-state index in [-0.39, 0.29) is 12.2 Å². The van der Waals surface area contributed by atoms with Crippen molar-refractivity contribution in [1.29, 1.82) is 0 Å². The molecule has 0 saturated carbocycles. The molecule has 0 radical (unpaired) electrons. The average molecular weight is 216 g/mol. The van der Waals surface area contributed by atoms with Gasteiger partial charge in [-0.2, -0.15) is 0 Å². The molecule has 90 valence electrons. The summed E-state index contributed by atoms with van der Waals surface area (Å²) in [5, 5.41) is 0. The highest BCUT2D eigenvalue weighted by atomic mass is 16.6. The normalized spacial score (nSPS) is 36.0. The lowest BCUT2D eigenvalue weighted by Gasteiger charge is -2.21. The molecular weight excluding hydrogens is 192 g/mol. The van der Waals surface area contributed by atoms with Gasteiger partial charge in [0.15, 0.2) is 0 Å². The number of ether oxygens (including phenoxy) is 3. The van der Waals surface area contributed by atoms with Crippen LogP contribution in [0.4, 0.5) is 0 Å². The molecule has 0 aromatic heterocycles. The summed E-state index contributed by atoms with van der Waals surface area (Å²) in [6, 6.07) is 0. The van der Waals surface area contributed by atoms with E-state index in [1.165, 1.54) is 19.3 Å². The third kappa shape index (κ3) is 3.16. The molecule has 0 N–H and O–H groups in total. The van der Waals surface area contributed by atoms with Crippen molar-refractivity contribution in [2.75, 3.05) is 20.8 Å². The van der Waals surface area contributed by atoms with E-state index in [9.17, 15) is 0 Å². The number of hydrogen-bond acceptors (Lipinski definition) is 3. The SMILES string of the molecule is CCCC[C@H]1C(OC)[C@@H](COC)O[C@H]1C. The van der Waals surface area contributed by atoms with Crippen molar-refractivity contribution in [3.63, 3.8) is 0 Å². The van der Waals surface area contributed by atoms with Crippen LogP contribution in [0.25, 0.3) is 0 Å². The van der Waals surface area contributed by atoms with E-state index in [4.69, 9.17) is 14.2 Å². The van der Waals surface area contributed by atoms with E-state index >= 15 is 0 Å². The van der Waals surface area contributed by atoms with E-state index in [0.29, 0.717) is 18.6 Å². The summed E-state index contributed by atoms with van der Waals surface area (Å²) in [4.78, 5) is 0. The van der Waals surface area contributed by atoms with Crippen molar-refractivity contribution in [1.82, 2.24) is 0 Å². The van der Waals surface area contributed by atoms with Crippen LogP contribution >= 0.6 is 0 Å². The smallest absolute Gasteiger partial charge is 0.108 e. The van der Waals surface area contributed by atoms with Gasteiger partial charge in [0.2, 0.25) is 0 Å². The second-order valence-electron chi connectivity index (χ2n) is 4.34. The van der Waals surface area contributed by atoms with Gasteiger partial charge in [-0.15, -0.1) is 0 Å². The first-order chi connectivity index (χ1) is 7.24. The quantitative estimate of drug-likeness (QED) is 0.681. The molecule has 15 heavy (non-hydrogen) atoms. The number of methoxy groups -OCH3 is 2. The molecule has 0 aromatic rings. The average Bonchev–Trinajstić information content (AvgIpc) is 2.52. The van der Waals surface area contributed by atoms with Gasteiger partial charge in [0.1, 0.15) is 6.10 Å². The zero-order valence-electron chi connectivity index (χ0n) is 10.4. The Bertz CT molecular complexity index is 172. The Morgan fingerprint density at radius 1 is 1.27 bits per heavy atom. The van der Waals surface area contributed by atoms with E-state index in [1.54, 1.807) is 14.2 Å². The first-order valence-electron chi connectivity index (χ1n) is 5.91. The van der Waals surface area contributed by atoms with Gasteiger partial charge in [-0.05, 0) is 13.3 Å². The third-order valence-electron chi connectivity index (χ3n) is 3.27. The van der Waals surface area contributed by atoms with Gasteiger partial charge in [0.25, 0.3) is 0 Å². The molecule has 1 rings (SSSR count). The fourth-order valence-corrected chi connectivity index (χ4v) is 2.46. The first kappa shape index (κ1) is 12.9. The summed E-state index contributed by atoms with van der Waals surface area (Å²) in [7, 11) is 3.48. The van der Waals surface area contributed by atoms with Crippen LogP contribution in [0.15, 0.2) is 0 Å². The maximum atomic E-state index is 5.86. The molecule has 1 unspecified atom stereocenters. The molecule has 0 aromatic carbocycles. The zero-order chi connectivity index (χ0) is 11.3. The summed E-state index contributed by atoms with van der Waals surface area (Å²) in [6.45, 7) is 4.99. The highest BCUT2D eigenvalue weighted by Crippen LogP contribution is 2.32. The van der Waals surface area contributed by atoms with Crippen molar-refractivity contribution in [3.05, 3.63) is 0 Å². The van der Waals surface area contributed by atoms with Crippen LogP contribution in [0.2, 0.25) is 0 Å². The minimum Gasteiger partial charge on any atom is -0.382 e. The van der Waals surface area contributed by atoms with Crippen LogP contribution in [-0.2, 0) is 14.2 Å². The topological polar surface area (TPSA) is 27.7 Å². The van der Waals surface area contributed by atoms with Crippen LogP contribution in [0.5, 0.6) is 0 Å². The van der Waals surface area contributed by atoms with E-state index in [0.717, 1.165) is 0 Å². The Balaban J connectivity index is 2.52. The largest absolute Gasteiger partial charge is 0.382 e. The molecule has 1 heterocycles. The van der Waals surface area contributed by atoms with Crippen molar-refractivity contribution in [3.8, 4) is 0 Å². The van der Waals surface area contributed by atoms with E-state index < -0.39 is 0 Å². The summed E-state index contributed by atoms with van der Waals surface area (Å²) >= 11 is 0. The monoisotopic (exact) mass is 216 g/mol. The predicted molar refractivity (Wildman–Crippen MR) is 60.0 cm³/mol. The van der Waals surface area contributed by atoms with E-state index in [1.807, 2.05) is 0 Å². The van der Waals surface area contributed by atoms with Crippen molar-refractivity contribution in [2.24, 2.45) is 5.92 Å². The fourth-order valence-electron chi connectivity index (χ4n) is 2.46. The third-order valence-corrected chi connectivity index (χ3v) is 3.27. The molecule has 1 fully saturated rings. The van der Waals surface area contributed by atoms with E-state index in [2.05, 4.69) is 13.8 Å². The lowest BCUT2D eigenvalue weighted by atomic mass is 9.91. The van der Waals surface area contributed by atoms with Crippen molar-refractivity contribution >= 4 is 0 Å². The van der Waals surface area contributed by atoms with Crippen molar-refractivity contribution < 1.29 is 14.2 Å². The van der Waals surface area contributed by atoms with Gasteiger partial charge >= 0.3 is 0 Å². The van der Waals surface area contributed by atoms with Gasteiger partial charge in [-0.1, -0.05) is 19.8 Å². The Labute approximate surface area is 93.1 Å². The minimum atomic E-state index is 0.108. The molecule has 0 spiro atoms. The molecule has 0 aliphatic carbocycles. The molecule has 0 bridgehead atoms. The Morgan fingerprint density at radius 2 is 2.00 bits per heavy atom. The zero-order valence-corrected chi connectivity index (χ0v) is 10.4. The second kappa shape index (κ2) is 6.46. The molecule has 1 aliphatic heterocycles. The molecule has 1 saturated heterocycles. The van der Waals surface area contributed by atoms with Crippen LogP contribution < -0.4 is 0 Å².